The van der Waals surface area contributed by atoms with E-state index in [2.05, 4.69) is 52.5 Å². The first-order valence-corrected chi connectivity index (χ1v) is 13.8. The Morgan fingerprint density at radius 1 is 0.816 bits per heavy atom. The van der Waals surface area contributed by atoms with Crippen molar-refractivity contribution in [1.29, 1.82) is 0 Å². The van der Waals surface area contributed by atoms with E-state index in [0.717, 1.165) is 43.2 Å². The molecule has 1 aliphatic carbocycles. The molecule has 0 aromatic heterocycles. The molecule has 38 heavy (non-hydrogen) atoms. The molecule has 1 unspecified atom stereocenters. The maximum atomic E-state index is 12.2. The van der Waals surface area contributed by atoms with Gasteiger partial charge in [-0.15, -0.1) is 0 Å². The zero-order chi connectivity index (χ0) is 27.3. The van der Waals surface area contributed by atoms with Gasteiger partial charge in [-0.25, -0.2) is 9.59 Å². The van der Waals surface area contributed by atoms with Crippen LogP contribution in [0, 0.1) is 0 Å². The summed E-state index contributed by atoms with van der Waals surface area (Å²) in [4.78, 5) is 36.3. The first kappa shape index (κ1) is 29.0. The number of carbonyl (C=O) groups excluding carboxylic acids is 3. The van der Waals surface area contributed by atoms with Crippen molar-refractivity contribution in [2.45, 2.75) is 77.3 Å². The lowest BCUT2D eigenvalue weighted by molar-refractivity contribution is -0.120. The molecule has 4 N–H and O–H groups in total. The third-order valence-corrected chi connectivity index (χ3v) is 6.83. The highest BCUT2D eigenvalue weighted by Gasteiger charge is 2.28. The molecule has 206 valence electrons. The molecule has 4 amide bonds. The summed E-state index contributed by atoms with van der Waals surface area (Å²) in [5.41, 5.74) is 4.69. The summed E-state index contributed by atoms with van der Waals surface area (Å²) in [6, 6.07) is 16.5. The molecule has 0 aliphatic heterocycles. The molecule has 0 bridgehead atoms. The Bertz CT molecular complexity index is 1030. The molecular formula is C30H42N4O4. The second kappa shape index (κ2) is 15.0. The number of alkyl carbamates (subject to hydrolysis) is 1. The van der Waals surface area contributed by atoms with E-state index in [-0.39, 0.29) is 49.5 Å². The molecule has 0 radical (unpaired) electrons. The first-order chi connectivity index (χ1) is 18.4. The number of hydrogen-bond acceptors (Lipinski definition) is 4. The van der Waals surface area contributed by atoms with Crippen LogP contribution in [0.3, 0.4) is 0 Å². The number of hydrogen-bond donors (Lipinski definition) is 4. The van der Waals surface area contributed by atoms with Crippen molar-refractivity contribution in [1.82, 2.24) is 21.3 Å². The van der Waals surface area contributed by atoms with Crippen molar-refractivity contribution in [3.8, 4) is 11.1 Å². The Hall–Kier alpha value is -3.55. The molecule has 1 aliphatic rings. The number of fused-ring (bicyclic) bond motifs is 3. The van der Waals surface area contributed by atoms with Gasteiger partial charge in [0, 0.05) is 37.5 Å². The average molecular weight is 523 g/mol. The van der Waals surface area contributed by atoms with Gasteiger partial charge in [-0.1, -0.05) is 61.9 Å². The predicted molar refractivity (Wildman–Crippen MR) is 150 cm³/mol. The number of rotatable bonds is 14. The Balaban J connectivity index is 1.25. The maximum absolute atomic E-state index is 12.2. The molecule has 0 heterocycles. The molecule has 2 aromatic carbocycles. The Kier molecular flexibility index (Phi) is 11.5. The van der Waals surface area contributed by atoms with Crippen molar-refractivity contribution in [2.24, 2.45) is 0 Å². The topological polar surface area (TPSA) is 109 Å². The fraction of sp³-hybridized carbons (Fsp3) is 0.500. The van der Waals surface area contributed by atoms with Gasteiger partial charge in [-0.05, 0) is 61.8 Å². The van der Waals surface area contributed by atoms with E-state index in [9.17, 15) is 14.4 Å². The minimum absolute atomic E-state index is 0.00775. The van der Waals surface area contributed by atoms with Crippen LogP contribution < -0.4 is 21.3 Å². The lowest BCUT2D eigenvalue weighted by Gasteiger charge is -2.18. The zero-order valence-electron chi connectivity index (χ0n) is 22.8. The second-order valence-corrected chi connectivity index (χ2v) is 10.1. The minimum atomic E-state index is -0.519. The number of nitrogens with one attached hydrogen (secondary N) is 4. The molecule has 8 nitrogen and oxygen atoms in total. The van der Waals surface area contributed by atoms with Crippen molar-refractivity contribution in [3.63, 3.8) is 0 Å². The summed E-state index contributed by atoms with van der Waals surface area (Å²) in [6.45, 7) is 7.12. The van der Waals surface area contributed by atoms with Crippen LogP contribution in [0.15, 0.2) is 48.5 Å². The quantitative estimate of drug-likeness (QED) is 0.260. The first-order valence-electron chi connectivity index (χ1n) is 13.8. The Morgan fingerprint density at radius 2 is 1.42 bits per heavy atom. The van der Waals surface area contributed by atoms with E-state index in [0.29, 0.717) is 6.54 Å². The monoisotopic (exact) mass is 522 g/mol. The summed E-state index contributed by atoms with van der Waals surface area (Å²) in [6.07, 6.45) is 4.23. The molecule has 8 heteroatoms. The standard InChI is InChI=1S/C30H42N4O4/c1-4-11-21(2)33-29(36)34-22(3)12-9-10-18-31-28(35)17-19-32-30(37)38-20-27-25-15-7-5-13-23(25)24-14-6-8-16-26(24)27/h5-8,13-16,21-22,27H,4,9-12,17-20H2,1-3H3,(H,31,35)(H,32,37)(H2,33,34,36)/t21-,22?/m1/s1. The summed E-state index contributed by atoms with van der Waals surface area (Å²) in [5.74, 6) is -0.104. The van der Waals surface area contributed by atoms with E-state index < -0.39 is 6.09 Å². The largest absolute Gasteiger partial charge is 0.449 e. The van der Waals surface area contributed by atoms with Gasteiger partial charge in [0.1, 0.15) is 6.61 Å². The maximum Gasteiger partial charge on any atom is 0.407 e. The van der Waals surface area contributed by atoms with Crippen molar-refractivity contribution in [2.75, 3.05) is 19.7 Å². The molecule has 2 aromatic rings. The number of ether oxygens (including phenoxy) is 1. The number of carbonyl (C=O) groups is 3. The molecule has 3 rings (SSSR count). The van der Waals surface area contributed by atoms with Crippen molar-refractivity contribution < 1.29 is 19.1 Å². The van der Waals surface area contributed by atoms with E-state index >= 15 is 0 Å². The van der Waals surface area contributed by atoms with Gasteiger partial charge in [0.2, 0.25) is 5.91 Å². The van der Waals surface area contributed by atoms with Crippen molar-refractivity contribution in [3.05, 3.63) is 59.7 Å². The molecular weight excluding hydrogens is 480 g/mol. The average Bonchev–Trinajstić information content (AvgIpc) is 3.21. The fourth-order valence-corrected chi connectivity index (χ4v) is 4.89. The van der Waals surface area contributed by atoms with Gasteiger partial charge in [0.25, 0.3) is 0 Å². The Labute approximate surface area is 226 Å². The Morgan fingerprint density at radius 3 is 2.05 bits per heavy atom. The van der Waals surface area contributed by atoms with E-state index in [1.165, 1.54) is 11.1 Å². The fourth-order valence-electron chi connectivity index (χ4n) is 4.89. The van der Waals surface area contributed by atoms with E-state index in [4.69, 9.17) is 4.74 Å². The van der Waals surface area contributed by atoms with Crippen LogP contribution >= 0.6 is 0 Å². The molecule has 0 fully saturated rings. The lowest BCUT2D eigenvalue weighted by Crippen LogP contribution is -2.44. The zero-order valence-corrected chi connectivity index (χ0v) is 22.8. The van der Waals surface area contributed by atoms with Crippen LogP contribution in [-0.2, 0) is 9.53 Å². The van der Waals surface area contributed by atoms with Crippen LogP contribution in [0.1, 0.15) is 76.3 Å². The summed E-state index contributed by atoms with van der Waals surface area (Å²) in [7, 11) is 0. The summed E-state index contributed by atoms with van der Waals surface area (Å²) in [5, 5.41) is 11.4. The van der Waals surface area contributed by atoms with Crippen LogP contribution in [0.25, 0.3) is 11.1 Å². The molecule has 0 saturated carbocycles. The molecule has 0 saturated heterocycles. The summed E-state index contributed by atoms with van der Waals surface area (Å²) >= 11 is 0. The number of urea groups is 1. The van der Waals surface area contributed by atoms with Crippen LogP contribution in [0.4, 0.5) is 9.59 Å². The SMILES string of the molecule is CCC[C@@H](C)NC(=O)NC(C)CCCCNC(=O)CCNC(=O)OCC1c2ccccc2-c2ccccc21. The van der Waals surface area contributed by atoms with Crippen LogP contribution in [-0.4, -0.2) is 49.8 Å². The number of benzene rings is 2. The normalized spacial score (nSPS) is 13.6. The number of amides is 4. The van der Waals surface area contributed by atoms with E-state index in [1.54, 1.807) is 0 Å². The summed E-state index contributed by atoms with van der Waals surface area (Å²) < 4.78 is 5.50. The third-order valence-electron chi connectivity index (χ3n) is 6.83. The van der Waals surface area contributed by atoms with Gasteiger partial charge in [0.15, 0.2) is 0 Å². The van der Waals surface area contributed by atoms with E-state index in [1.807, 2.05) is 38.1 Å². The smallest absolute Gasteiger partial charge is 0.407 e. The lowest BCUT2D eigenvalue weighted by atomic mass is 9.98. The van der Waals surface area contributed by atoms with Crippen LogP contribution in [0.2, 0.25) is 0 Å². The highest BCUT2D eigenvalue weighted by molar-refractivity contribution is 5.79. The second-order valence-electron chi connectivity index (χ2n) is 10.1. The molecule has 0 spiro atoms. The van der Waals surface area contributed by atoms with Gasteiger partial charge >= 0.3 is 12.1 Å². The predicted octanol–water partition coefficient (Wildman–Crippen LogP) is 5.08. The van der Waals surface area contributed by atoms with Crippen LogP contribution in [0.5, 0.6) is 0 Å². The third kappa shape index (κ3) is 8.78. The van der Waals surface area contributed by atoms with Gasteiger partial charge in [-0.3, -0.25) is 4.79 Å². The highest BCUT2D eigenvalue weighted by atomic mass is 16.5. The minimum Gasteiger partial charge on any atom is -0.449 e. The highest BCUT2D eigenvalue weighted by Crippen LogP contribution is 2.44. The van der Waals surface area contributed by atoms with Crippen molar-refractivity contribution >= 4 is 18.0 Å². The number of unbranched alkanes of at least 4 members (excludes halogenated alkanes) is 1. The van der Waals surface area contributed by atoms with Gasteiger partial charge < -0.3 is 26.0 Å². The molecule has 2 atom stereocenters. The van der Waals surface area contributed by atoms with Gasteiger partial charge in [-0.2, -0.15) is 0 Å². The van der Waals surface area contributed by atoms with Gasteiger partial charge in [0.05, 0.1) is 0 Å².